The largest absolute Gasteiger partial charge is 0.481 e. The minimum absolute atomic E-state index is 0.0737. The van der Waals surface area contributed by atoms with Crippen LogP contribution in [0.2, 0.25) is 0 Å². The van der Waals surface area contributed by atoms with Gasteiger partial charge in [0, 0.05) is 38.9 Å². The molecule has 9 nitrogen and oxygen atoms in total. The highest BCUT2D eigenvalue weighted by atomic mass is 32.2. The van der Waals surface area contributed by atoms with Crippen molar-refractivity contribution in [2.24, 2.45) is 0 Å². The van der Waals surface area contributed by atoms with E-state index in [1.807, 2.05) is 6.92 Å². The van der Waals surface area contributed by atoms with Crippen LogP contribution < -0.4 is 5.32 Å². The summed E-state index contributed by atoms with van der Waals surface area (Å²) >= 11 is 0. The molecule has 1 heterocycles. The van der Waals surface area contributed by atoms with Gasteiger partial charge in [-0.1, -0.05) is 17.7 Å². The fourth-order valence-corrected chi connectivity index (χ4v) is 4.05. The number of aliphatic carboxylic acids is 1. The van der Waals surface area contributed by atoms with Crippen molar-refractivity contribution in [1.82, 2.24) is 14.5 Å². The number of aryl methyl sites for hydroxylation is 1. The summed E-state index contributed by atoms with van der Waals surface area (Å²) in [4.78, 5) is 24.4. The summed E-state index contributed by atoms with van der Waals surface area (Å²) in [5.41, 5.74) is 0.819. The molecule has 10 heteroatoms. The van der Waals surface area contributed by atoms with Gasteiger partial charge in [0.1, 0.15) is 11.6 Å². The molecule has 1 aliphatic rings. The second-order valence-corrected chi connectivity index (χ2v) is 8.25. The fourth-order valence-electron chi connectivity index (χ4n) is 2.63. The zero-order valence-corrected chi connectivity index (χ0v) is 16.3. The van der Waals surface area contributed by atoms with Crippen LogP contribution in [-0.4, -0.2) is 67.3 Å². The third kappa shape index (κ3) is 5.55. The van der Waals surface area contributed by atoms with Crippen LogP contribution in [0.3, 0.4) is 0 Å². The van der Waals surface area contributed by atoms with Gasteiger partial charge < -0.3 is 15.3 Å². The van der Waals surface area contributed by atoms with Crippen LogP contribution in [0, 0.1) is 18.3 Å². The van der Waals surface area contributed by atoms with Gasteiger partial charge in [0.15, 0.2) is 0 Å². The van der Waals surface area contributed by atoms with Gasteiger partial charge in [-0.05, 0) is 19.1 Å². The van der Waals surface area contributed by atoms with Crippen LogP contribution in [0.1, 0.15) is 12.0 Å². The van der Waals surface area contributed by atoms with Crippen LogP contribution in [0.15, 0.2) is 40.9 Å². The molecule has 28 heavy (non-hydrogen) atoms. The first-order chi connectivity index (χ1) is 13.2. The maximum absolute atomic E-state index is 12.7. The van der Waals surface area contributed by atoms with Gasteiger partial charge in [0.2, 0.25) is 10.0 Å². The molecule has 0 bridgehead atoms. The van der Waals surface area contributed by atoms with E-state index >= 15 is 0 Å². The number of rotatable bonds is 7. The van der Waals surface area contributed by atoms with E-state index in [4.69, 9.17) is 10.4 Å². The van der Waals surface area contributed by atoms with Crippen LogP contribution in [0.5, 0.6) is 0 Å². The molecule has 0 aromatic heterocycles. The van der Waals surface area contributed by atoms with Crippen molar-refractivity contribution in [3.63, 3.8) is 0 Å². The first-order valence-electron chi connectivity index (χ1n) is 8.67. The van der Waals surface area contributed by atoms with Crippen molar-refractivity contribution in [3.05, 3.63) is 41.6 Å². The number of carbonyl (C=O) groups excluding carboxylic acids is 1. The monoisotopic (exact) mass is 406 g/mol. The molecule has 1 amide bonds. The number of nitrogens with one attached hydrogen (secondary N) is 1. The average Bonchev–Trinajstić information content (AvgIpc) is 2.66. The van der Waals surface area contributed by atoms with Crippen LogP contribution in [0.25, 0.3) is 0 Å². The second-order valence-electron chi connectivity index (χ2n) is 6.31. The highest BCUT2D eigenvalue weighted by molar-refractivity contribution is 7.89. The number of piperazine rings is 1. The van der Waals surface area contributed by atoms with E-state index in [-0.39, 0.29) is 36.5 Å². The maximum atomic E-state index is 12.7. The third-order valence-electron chi connectivity index (χ3n) is 4.23. The zero-order valence-electron chi connectivity index (χ0n) is 15.5. The molecule has 0 aliphatic carbocycles. The predicted molar refractivity (Wildman–Crippen MR) is 100 cm³/mol. The van der Waals surface area contributed by atoms with E-state index in [2.05, 4.69) is 5.32 Å². The number of nitriles is 1. The highest BCUT2D eigenvalue weighted by Crippen LogP contribution is 2.18. The summed E-state index contributed by atoms with van der Waals surface area (Å²) in [6, 6.07) is 8.43. The summed E-state index contributed by atoms with van der Waals surface area (Å²) in [6.07, 6.45) is 1.14. The molecule has 0 atom stereocenters. The molecule has 1 aromatic carbocycles. The van der Waals surface area contributed by atoms with Crippen molar-refractivity contribution in [2.45, 2.75) is 18.2 Å². The van der Waals surface area contributed by atoms with Crippen molar-refractivity contribution < 1.29 is 23.1 Å². The third-order valence-corrected chi connectivity index (χ3v) is 6.15. The molecule has 0 spiro atoms. The molecule has 0 saturated carbocycles. The quantitative estimate of drug-likeness (QED) is 0.492. The lowest BCUT2D eigenvalue weighted by molar-refractivity contribution is -0.136. The normalized spacial score (nSPS) is 15.7. The van der Waals surface area contributed by atoms with E-state index in [1.165, 1.54) is 10.5 Å². The molecule has 1 aliphatic heterocycles. The Labute approximate surface area is 163 Å². The van der Waals surface area contributed by atoms with Crippen molar-refractivity contribution in [2.75, 3.05) is 32.7 Å². The van der Waals surface area contributed by atoms with E-state index in [0.29, 0.717) is 13.1 Å². The Morgan fingerprint density at radius 1 is 1.21 bits per heavy atom. The van der Waals surface area contributed by atoms with Crippen LogP contribution in [-0.2, 0) is 19.6 Å². The molecule has 1 aromatic rings. The molecule has 0 radical (unpaired) electrons. The number of amides is 1. The number of carboxylic acids is 1. The number of hydrogen-bond donors (Lipinski definition) is 2. The molecule has 1 fully saturated rings. The molecule has 2 N–H and O–H groups in total. The molecule has 150 valence electrons. The summed E-state index contributed by atoms with van der Waals surface area (Å²) < 4.78 is 26.8. The molecule has 1 saturated heterocycles. The Morgan fingerprint density at radius 2 is 1.82 bits per heavy atom. The van der Waals surface area contributed by atoms with Gasteiger partial charge in [0.25, 0.3) is 5.91 Å². The van der Waals surface area contributed by atoms with E-state index in [1.54, 1.807) is 35.2 Å². The van der Waals surface area contributed by atoms with Gasteiger partial charge in [-0.2, -0.15) is 9.57 Å². The van der Waals surface area contributed by atoms with Crippen molar-refractivity contribution in [1.29, 1.82) is 5.26 Å². The zero-order chi connectivity index (χ0) is 20.7. The van der Waals surface area contributed by atoms with Crippen molar-refractivity contribution in [3.8, 4) is 6.07 Å². The lowest BCUT2D eigenvalue weighted by atomic mass is 10.2. The number of benzene rings is 1. The standard InChI is InChI=1S/C18H22N4O5S/c1-14-2-4-16(5-3-14)28(26,27)22-10-8-21(9-11-22)13-15(12-19)18(25)20-7-6-17(23)24/h2-5,13H,6-11H2,1H3,(H,20,25)(H,23,24)/b15-13-. The number of carboxylic acid groups (broad SMARTS) is 1. The van der Waals surface area contributed by atoms with Crippen LogP contribution >= 0.6 is 0 Å². The Hall–Kier alpha value is -2.90. The molecule has 0 unspecified atom stereocenters. The van der Waals surface area contributed by atoms with Crippen molar-refractivity contribution >= 4 is 21.9 Å². The predicted octanol–water partition coefficient (Wildman–Crippen LogP) is 0.300. The number of nitrogens with zero attached hydrogens (tertiary/aromatic N) is 3. The Kier molecular flexibility index (Phi) is 7.14. The fraction of sp³-hybridized carbons (Fsp3) is 0.389. The van der Waals surface area contributed by atoms with E-state index in [0.717, 1.165) is 5.56 Å². The summed E-state index contributed by atoms with van der Waals surface area (Å²) in [6.45, 7) is 2.93. The summed E-state index contributed by atoms with van der Waals surface area (Å²) in [5.74, 6) is -1.70. The highest BCUT2D eigenvalue weighted by Gasteiger charge is 2.28. The van der Waals surface area contributed by atoms with Gasteiger partial charge in [-0.25, -0.2) is 8.42 Å². The van der Waals surface area contributed by atoms with E-state index < -0.39 is 21.9 Å². The lowest BCUT2D eigenvalue weighted by Crippen LogP contribution is -2.47. The van der Waals surface area contributed by atoms with Gasteiger partial charge in [-0.3, -0.25) is 9.59 Å². The van der Waals surface area contributed by atoms with Gasteiger partial charge >= 0.3 is 5.97 Å². The average molecular weight is 406 g/mol. The van der Waals surface area contributed by atoms with Gasteiger partial charge in [0.05, 0.1) is 11.3 Å². The van der Waals surface area contributed by atoms with Crippen LogP contribution in [0.4, 0.5) is 0 Å². The lowest BCUT2D eigenvalue weighted by Gasteiger charge is -2.33. The van der Waals surface area contributed by atoms with E-state index in [9.17, 15) is 18.0 Å². The number of hydrogen-bond acceptors (Lipinski definition) is 6. The SMILES string of the molecule is Cc1ccc(S(=O)(=O)N2CCN(/C=C(/C#N)C(=O)NCCC(=O)O)CC2)cc1. The first kappa shape index (κ1) is 21.4. The number of sulfonamides is 1. The molecular formula is C18H22N4O5S. The Bertz CT molecular complexity index is 895. The molecule has 2 rings (SSSR count). The second kappa shape index (κ2) is 9.34. The minimum atomic E-state index is -3.59. The topological polar surface area (TPSA) is 131 Å². The maximum Gasteiger partial charge on any atom is 0.305 e. The Morgan fingerprint density at radius 3 is 2.36 bits per heavy atom. The minimum Gasteiger partial charge on any atom is -0.481 e. The smallest absolute Gasteiger partial charge is 0.305 e. The summed E-state index contributed by atoms with van der Waals surface area (Å²) in [7, 11) is -3.59. The number of carbonyl (C=O) groups is 2. The summed E-state index contributed by atoms with van der Waals surface area (Å²) in [5, 5.41) is 20.1. The Balaban J connectivity index is 1.97. The first-order valence-corrected chi connectivity index (χ1v) is 10.1. The molecular weight excluding hydrogens is 384 g/mol. The van der Waals surface area contributed by atoms with Gasteiger partial charge in [-0.15, -0.1) is 0 Å².